The van der Waals surface area contributed by atoms with Crippen molar-refractivity contribution >= 4 is 54.8 Å². The fraction of sp³-hybridized carbons (Fsp3) is 0.182. The molecule has 0 atom stereocenters. The number of rotatable bonds is 9. The quantitative estimate of drug-likeness (QED) is 0.336. The van der Waals surface area contributed by atoms with Crippen LogP contribution in [-0.4, -0.2) is 15.0 Å². The van der Waals surface area contributed by atoms with Gasteiger partial charge in [0, 0.05) is 27.8 Å². The molecule has 3 aromatic rings. The van der Waals surface area contributed by atoms with E-state index in [4.69, 9.17) is 37.8 Å². The normalized spacial score (nSPS) is 11.3. The number of nitrogens with one attached hydrogen (secondary N) is 1. The van der Waals surface area contributed by atoms with Crippen molar-refractivity contribution < 1.29 is 17.9 Å². The van der Waals surface area contributed by atoms with Crippen LogP contribution in [-0.2, 0) is 23.2 Å². The van der Waals surface area contributed by atoms with Gasteiger partial charge >= 0.3 is 0 Å². The van der Waals surface area contributed by atoms with Crippen molar-refractivity contribution in [1.82, 2.24) is 0 Å². The molecule has 0 saturated heterocycles. The van der Waals surface area contributed by atoms with Gasteiger partial charge in [-0.15, -0.1) is 0 Å². The van der Waals surface area contributed by atoms with E-state index in [0.29, 0.717) is 44.7 Å². The molecular formula is C22H21BrCl2N2O4S. The average molecular weight is 560 g/mol. The van der Waals surface area contributed by atoms with Crippen molar-refractivity contribution in [2.45, 2.75) is 25.0 Å². The van der Waals surface area contributed by atoms with Crippen LogP contribution in [0.5, 0.6) is 11.5 Å². The van der Waals surface area contributed by atoms with E-state index >= 15 is 0 Å². The van der Waals surface area contributed by atoms with E-state index in [2.05, 4.69) is 21.2 Å². The van der Waals surface area contributed by atoms with Crippen LogP contribution < -0.4 is 19.9 Å². The largest absolute Gasteiger partial charge is 0.490 e. The molecule has 10 heteroatoms. The van der Waals surface area contributed by atoms with Gasteiger partial charge in [-0.05, 0) is 76.9 Å². The molecule has 3 aromatic carbocycles. The lowest BCUT2D eigenvalue weighted by molar-refractivity contribution is 0.267. The number of nitrogens with two attached hydrogens (primary N) is 1. The van der Waals surface area contributed by atoms with E-state index in [0.717, 1.165) is 11.3 Å². The summed E-state index contributed by atoms with van der Waals surface area (Å²) in [6.45, 7) is 3.01. The minimum atomic E-state index is -3.72. The van der Waals surface area contributed by atoms with Gasteiger partial charge in [0.25, 0.3) is 0 Å². The zero-order valence-electron chi connectivity index (χ0n) is 17.1. The Bertz CT molecular complexity index is 1190. The second-order valence-corrected chi connectivity index (χ2v) is 9.98. The molecule has 0 fully saturated rings. The van der Waals surface area contributed by atoms with Crippen molar-refractivity contribution in [2.24, 2.45) is 5.14 Å². The Hall–Kier alpha value is -1.97. The third-order valence-electron chi connectivity index (χ3n) is 4.47. The second-order valence-electron chi connectivity index (χ2n) is 6.75. The molecule has 6 nitrogen and oxygen atoms in total. The molecule has 0 aromatic heterocycles. The Morgan fingerprint density at radius 3 is 2.28 bits per heavy atom. The van der Waals surface area contributed by atoms with Crippen LogP contribution in [0.1, 0.15) is 18.1 Å². The first-order chi connectivity index (χ1) is 15.2. The minimum absolute atomic E-state index is 0.0598. The molecular weight excluding hydrogens is 539 g/mol. The van der Waals surface area contributed by atoms with Crippen molar-refractivity contribution in [3.63, 3.8) is 0 Å². The van der Waals surface area contributed by atoms with E-state index in [1.807, 2.05) is 19.1 Å². The van der Waals surface area contributed by atoms with Crippen molar-refractivity contribution in [3.8, 4) is 11.5 Å². The Morgan fingerprint density at radius 1 is 1.03 bits per heavy atom. The highest BCUT2D eigenvalue weighted by Crippen LogP contribution is 2.38. The minimum Gasteiger partial charge on any atom is -0.490 e. The molecule has 32 heavy (non-hydrogen) atoms. The van der Waals surface area contributed by atoms with Crippen LogP contribution in [0, 0.1) is 0 Å². The van der Waals surface area contributed by atoms with Gasteiger partial charge in [-0.3, -0.25) is 0 Å². The highest BCUT2D eigenvalue weighted by molar-refractivity contribution is 9.10. The number of ether oxygens (including phenoxy) is 2. The number of benzene rings is 3. The SMILES string of the molecule is CCOc1cc(CNc2ccc(S(N)(=O)=O)cc2)cc(Br)c1OCc1c(Cl)cccc1Cl. The summed E-state index contributed by atoms with van der Waals surface area (Å²) in [7, 11) is -3.72. The van der Waals surface area contributed by atoms with Crippen molar-refractivity contribution in [2.75, 3.05) is 11.9 Å². The van der Waals surface area contributed by atoms with E-state index in [1.165, 1.54) is 12.1 Å². The highest BCUT2D eigenvalue weighted by atomic mass is 79.9. The van der Waals surface area contributed by atoms with Gasteiger partial charge < -0.3 is 14.8 Å². The summed E-state index contributed by atoms with van der Waals surface area (Å²) in [5, 5.41) is 9.43. The van der Waals surface area contributed by atoms with Crippen LogP contribution in [0.25, 0.3) is 0 Å². The summed E-state index contributed by atoms with van der Waals surface area (Å²) < 4.78 is 35.3. The maximum Gasteiger partial charge on any atom is 0.238 e. The zero-order valence-corrected chi connectivity index (χ0v) is 21.0. The molecule has 0 unspecified atom stereocenters. The lowest BCUT2D eigenvalue weighted by atomic mass is 10.2. The average Bonchev–Trinajstić information content (AvgIpc) is 2.73. The van der Waals surface area contributed by atoms with Gasteiger partial charge in [0.1, 0.15) is 6.61 Å². The number of hydrogen-bond donors (Lipinski definition) is 2. The smallest absolute Gasteiger partial charge is 0.238 e. The maximum atomic E-state index is 11.4. The van der Waals surface area contributed by atoms with Gasteiger partial charge in [0.15, 0.2) is 11.5 Å². The number of primary sulfonamides is 1. The summed E-state index contributed by atoms with van der Waals surface area (Å²) in [6.07, 6.45) is 0. The van der Waals surface area contributed by atoms with Crippen molar-refractivity contribution in [3.05, 3.63) is 80.2 Å². The van der Waals surface area contributed by atoms with Gasteiger partial charge in [0.05, 0.1) is 16.0 Å². The van der Waals surface area contributed by atoms with Crippen molar-refractivity contribution in [1.29, 1.82) is 0 Å². The first kappa shape index (κ1) is 24.7. The molecule has 0 bridgehead atoms. The molecule has 0 saturated carbocycles. The molecule has 0 amide bonds. The molecule has 170 valence electrons. The molecule has 0 aliphatic heterocycles. The lowest BCUT2D eigenvalue weighted by Crippen LogP contribution is -2.12. The first-order valence-electron chi connectivity index (χ1n) is 9.56. The maximum absolute atomic E-state index is 11.4. The summed E-state index contributed by atoms with van der Waals surface area (Å²) in [4.78, 5) is 0.0598. The van der Waals surface area contributed by atoms with E-state index in [-0.39, 0.29) is 11.5 Å². The fourth-order valence-corrected chi connectivity index (χ4v) is 4.53. The Balaban J connectivity index is 1.76. The molecule has 0 aliphatic carbocycles. The van der Waals surface area contributed by atoms with Gasteiger partial charge in [0.2, 0.25) is 10.0 Å². The van der Waals surface area contributed by atoms with Crippen LogP contribution in [0.3, 0.4) is 0 Å². The van der Waals surface area contributed by atoms with Gasteiger partial charge in [-0.25, -0.2) is 13.6 Å². The molecule has 0 spiro atoms. The number of sulfonamides is 1. The van der Waals surface area contributed by atoms with E-state index in [1.54, 1.807) is 30.3 Å². The van der Waals surface area contributed by atoms with Crippen LogP contribution in [0.4, 0.5) is 5.69 Å². The van der Waals surface area contributed by atoms with Crippen LogP contribution in [0.15, 0.2) is 64.0 Å². The summed E-state index contributed by atoms with van der Waals surface area (Å²) >= 11 is 16.0. The fourth-order valence-electron chi connectivity index (χ4n) is 2.91. The summed E-state index contributed by atoms with van der Waals surface area (Å²) in [6, 6.07) is 15.3. The van der Waals surface area contributed by atoms with Crippen LogP contribution >= 0.6 is 39.1 Å². The molecule has 0 radical (unpaired) electrons. The Morgan fingerprint density at radius 2 is 1.69 bits per heavy atom. The predicted molar refractivity (Wildman–Crippen MR) is 131 cm³/mol. The van der Waals surface area contributed by atoms with Gasteiger partial charge in [-0.1, -0.05) is 29.3 Å². The van der Waals surface area contributed by atoms with E-state index in [9.17, 15) is 8.42 Å². The number of hydrogen-bond acceptors (Lipinski definition) is 5. The summed E-state index contributed by atoms with van der Waals surface area (Å²) in [5.74, 6) is 1.12. The highest BCUT2D eigenvalue weighted by Gasteiger charge is 2.15. The van der Waals surface area contributed by atoms with Crippen LogP contribution in [0.2, 0.25) is 10.0 Å². The predicted octanol–water partition coefficient (Wildman–Crippen LogP) is 5.99. The zero-order chi connectivity index (χ0) is 23.3. The molecule has 0 aliphatic rings. The Labute approximate surface area is 205 Å². The molecule has 3 rings (SSSR count). The third kappa shape index (κ3) is 6.30. The molecule has 3 N–H and O–H groups in total. The summed E-state index contributed by atoms with van der Waals surface area (Å²) in [5.41, 5.74) is 2.37. The lowest BCUT2D eigenvalue weighted by Gasteiger charge is -2.17. The topological polar surface area (TPSA) is 90.6 Å². The van der Waals surface area contributed by atoms with Gasteiger partial charge in [-0.2, -0.15) is 0 Å². The second kappa shape index (κ2) is 10.8. The standard InChI is InChI=1S/C22H21BrCl2N2O4S/c1-2-30-21-11-14(12-27-15-6-8-16(9-7-15)32(26,28)29)10-18(23)22(21)31-13-17-19(24)4-3-5-20(17)25/h3-11,27H,2,12-13H2,1H3,(H2,26,28,29). The third-order valence-corrected chi connectivity index (χ3v) is 6.70. The number of halogens is 3. The monoisotopic (exact) mass is 558 g/mol. The van der Waals surface area contributed by atoms with E-state index < -0.39 is 10.0 Å². The molecule has 0 heterocycles. The number of anilines is 1. The first-order valence-corrected chi connectivity index (χ1v) is 12.7. The Kier molecular flexibility index (Phi) is 8.30.